The van der Waals surface area contributed by atoms with Gasteiger partial charge in [-0.3, -0.25) is 19.3 Å². The van der Waals surface area contributed by atoms with E-state index in [4.69, 9.17) is 5.26 Å². The van der Waals surface area contributed by atoms with Crippen LogP contribution in [0.4, 0.5) is 5.69 Å². The van der Waals surface area contributed by atoms with Crippen molar-refractivity contribution in [1.29, 1.82) is 5.26 Å². The molecule has 0 saturated carbocycles. The lowest BCUT2D eigenvalue weighted by atomic mass is 9.91. The molecule has 0 unspecified atom stereocenters. The third kappa shape index (κ3) is 4.33. The molecular weight excluding hydrogens is 350 g/mol. The molecule has 1 aliphatic rings. The molecule has 1 atom stereocenters. The molecule has 6 nitrogen and oxygen atoms in total. The average Bonchev–Trinajstić information content (AvgIpc) is 2.94. The molecule has 1 N–H and O–H groups in total. The molecule has 7 heteroatoms. The average molecular weight is 371 g/mol. The fourth-order valence-electron chi connectivity index (χ4n) is 2.29. The van der Waals surface area contributed by atoms with Crippen LogP contribution in [0.1, 0.15) is 33.3 Å². The quantitative estimate of drug-likeness (QED) is 0.822. The van der Waals surface area contributed by atoms with E-state index in [2.05, 4.69) is 5.32 Å². The van der Waals surface area contributed by atoms with Crippen LogP contribution in [0.5, 0.6) is 0 Å². The van der Waals surface area contributed by atoms with Crippen molar-refractivity contribution in [1.82, 2.24) is 4.90 Å². The Balaban J connectivity index is 2.23. The van der Waals surface area contributed by atoms with E-state index in [0.29, 0.717) is 16.3 Å². The van der Waals surface area contributed by atoms with E-state index in [1.165, 1.54) is 22.7 Å². The Bertz CT molecular complexity index is 818. The molecule has 2 rings (SSSR count). The Kier molecular flexibility index (Phi) is 5.88. The summed E-state index contributed by atoms with van der Waals surface area (Å²) in [7, 11) is 0. The molecule has 0 radical (unpaired) electrons. The SMILES string of the molecule is C[C@@H](C(=O)Nc1ccccc1C#N)N1C(=O)CS/C1=C\C(=O)C(C)(C)C. The first-order valence-corrected chi connectivity index (χ1v) is 9.14. The minimum absolute atomic E-state index is 0.109. The van der Waals surface area contributed by atoms with E-state index in [-0.39, 0.29) is 17.4 Å². The summed E-state index contributed by atoms with van der Waals surface area (Å²) in [5, 5.41) is 12.3. The number of carbonyl (C=O) groups is 3. The molecule has 0 bridgehead atoms. The lowest BCUT2D eigenvalue weighted by molar-refractivity contribution is -0.132. The number of allylic oxidation sites excluding steroid dienone is 1. The van der Waals surface area contributed by atoms with E-state index < -0.39 is 17.4 Å². The summed E-state index contributed by atoms with van der Waals surface area (Å²) in [6.07, 6.45) is 1.43. The highest BCUT2D eigenvalue weighted by atomic mass is 32.2. The molecular formula is C19H21N3O3S. The Morgan fingerprint density at radius 1 is 1.35 bits per heavy atom. The summed E-state index contributed by atoms with van der Waals surface area (Å²) in [6.45, 7) is 7.00. The summed E-state index contributed by atoms with van der Waals surface area (Å²) >= 11 is 1.25. The predicted octanol–water partition coefficient (Wildman–Crippen LogP) is 2.92. The molecule has 1 heterocycles. The van der Waals surface area contributed by atoms with Crippen LogP contribution in [0.2, 0.25) is 0 Å². The van der Waals surface area contributed by atoms with Crippen LogP contribution in [-0.2, 0) is 14.4 Å². The summed E-state index contributed by atoms with van der Waals surface area (Å²) in [5.41, 5.74) is 0.165. The standard InChI is InChI=1S/C19H21N3O3S/c1-12(18(25)21-14-8-6-5-7-13(14)10-20)22-16(24)11-26-17(22)9-15(23)19(2,3)4/h5-9,12H,11H2,1-4H3,(H,21,25)/b17-9-/t12-/m0/s1. The molecule has 1 saturated heterocycles. The number of para-hydroxylation sites is 1. The molecule has 1 fully saturated rings. The van der Waals surface area contributed by atoms with Crippen molar-refractivity contribution >= 4 is 35.0 Å². The van der Waals surface area contributed by atoms with Gasteiger partial charge in [0.25, 0.3) is 0 Å². The maximum atomic E-state index is 12.6. The number of carbonyl (C=O) groups excluding carboxylic acids is 3. The van der Waals surface area contributed by atoms with Gasteiger partial charge in [-0.2, -0.15) is 5.26 Å². The fourth-order valence-corrected chi connectivity index (χ4v) is 3.29. The second kappa shape index (κ2) is 7.75. The Morgan fingerprint density at radius 3 is 2.62 bits per heavy atom. The summed E-state index contributed by atoms with van der Waals surface area (Å²) in [5.74, 6) is -0.561. The Hall–Kier alpha value is -2.59. The van der Waals surface area contributed by atoms with Crippen molar-refractivity contribution in [2.24, 2.45) is 5.41 Å². The van der Waals surface area contributed by atoms with E-state index >= 15 is 0 Å². The highest BCUT2D eigenvalue weighted by molar-refractivity contribution is 8.04. The van der Waals surface area contributed by atoms with Gasteiger partial charge in [0.1, 0.15) is 12.1 Å². The zero-order chi connectivity index (χ0) is 19.5. The van der Waals surface area contributed by atoms with Gasteiger partial charge in [0.2, 0.25) is 11.8 Å². The van der Waals surface area contributed by atoms with Crippen molar-refractivity contribution < 1.29 is 14.4 Å². The number of nitriles is 1. The predicted molar refractivity (Wildman–Crippen MR) is 101 cm³/mol. The van der Waals surface area contributed by atoms with E-state index in [9.17, 15) is 14.4 Å². The van der Waals surface area contributed by atoms with Gasteiger partial charge in [0.05, 0.1) is 22.0 Å². The van der Waals surface area contributed by atoms with Crippen molar-refractivity contribution in [2.45, 2.75) is 33.7 Å². The maximum Gasteiger partial charge on any atom is 0.247 e. The normalized spacial score (nSPS) is 17.1. The number of amides is 2. The second-order valence-electron chi connectivity index (χ2n) is 6.97. The largest absolute Gasteiger partial charge is 0.323 e. The summed E-state index contributed by atoms with van der Waals surface area (Å²) in [4.78, 5) is 38.5. The van der Waals surface area contributed by atoms with Crippen LogP contribution in [0, 0.1) is 16.7 Å². The van der Waals surface area contributed by atoms with Crippen molar-refractivity contribution in [2.75, 3.05) is 11.1 Å². The van der Waals surface area contributed by atoms with Crippen molar-refractivity contribution in [3.63, 3.8) is 0 Å². The first kappa shape index (κ1) is 19.7. The second-order valence-corrected chi connectivity index (χ2v) is 7.97. The van der Waals surface area contributed by atoms with E-state index in [0.717, 1.165) is 0 Å². The lowest BCUT2D eigenvalue weighted by Crippen LogP contribution is -2.42. The fraction of sp³-hybridized carbons (Fsp3) is 0.368. The summed E-state index contributed by atoms with van der Waals surface area (Å²) in [6, 6.07) is 7.86. The number of ketones is 1. The number of nitrogens with one attached hydrogen (secondary N) is 1. The monoisotopic (exact) mass is 371 g/mol. The first-order valence-electron chi connectivity index (χ1n) is 8.16. The maximum absolute atomic E-state index is 12.6. The number of benzene rings is 1. The van der Waals surface area contributed by atoms with Crippen LogP contribution < -0.4 is 5.32 Å². The molecule has 2 amide bonds. The third-order valence-corrected chi connectivity index (χ3v) is 4.92. The molecule has 1 aliphatic heterocycles. The minimum atomic E-state index is -0.803. The first-order chi connectivity index (χ1) is 12.1. The van der Waals surface area contributed by atoms with Crippen LogP contribution >= 0.6 is 11.8 Å². The summed E-state index contributed by atoms with van der Waals surface area (Å²) < 4.78 is 0. The lowest BCUT2D eigenvalue weighted by Gasteiger charge is -2.25. The molecule has 0 aromatic heterocycles. The van der Waals surface area contributed by atoms with Gasteiger partial charge in [0, 0.05) is 11.5 Å². The molecule has 136 valence electrons. The topological polar surface area (TPSA) is 90.3 Å². The van der Waals surface area contributed by atoms with E-state index in [1.807, 2.05) is 6.07 Å². The van der Waals surface area contributed by atoms with Crippen molar-refractivity contribution in [3.05, 3.63) is 40.9 Å². The Morgan fingerprint density at radius 2 is 2.00 bits per heavy atom. The highest BCUT2D eigenvalue weighted by Crippen LogP contribution is 2.32. The smallest absolute Gasteiger partial charge is 0.247 e. The molecule has 1 aromatic rings. The van der Waals surface area contributed by atoms with Gasteiger partial charge in [-0.05, 0) is 19.1 Å². The molecule has 0 aliphatic carbocycles. The van der Waals surface area contributed by atoms with Gasteiger partial charge < -0.3 is 5.32 Å². The number of nitrogens with zero attached hydrogens (tertiary/aromatic N) is 2. The highest BCUT2D eigenvalue weighted by Gasteiger charge is 2.35. The van der Waals surface area contributed by atoms with Crippen LogP contribution in [0.3, 0.4) is 0 Å². The number of rotatable bonds is 4. The number of anilines is 1. The van der Waals surface area contributed by atoms with Crippen molar-refractivity contribution in [3.8, 4) is 6.07 Å². The van der Waals surface area contributed by atoms with Gasteiger partial charge in [-0.25, -0.2) is 0 Å². The van der Waals surface area contributed by atoms with Crippen LogP contribution in [0.15, 0.2) is 35.4 Å². The van der Waals surface area contributed by atoms with Gasteiger partial charge in [-0.15, -0.1) is 0 Å². The zero-order valence-corrected chi connectivity index (χ0v) is 16.0. The van der Waals surface area contributed by atoms with E-state index in [1.54, 1.807) is 52.0 Å². The number of thioether (sulfide) groups is 1. The molecule has 26 heavy (non-hydrogen) atoms. The van der Waals surface area contributed by atoms with Gasteiger partial charge >= 0.3 is 0 Å². The molecule has 0 spiro atoms. The molecule has 1 aromatic carbocycles. The van der Waals surface area contributed by atoms with Crippen LogP contribution in [-0.4, -0.2) is 34.3 Å². The number of hydrogen-bond acceptors (Lipinski definition) is 5. The Labute approximate surface area is 157 Å². The van der Waals surface area contributed by atoms with Gasteiger partial charge in [-0.1, -0.05) is 44.7 Å². The minimum Gasteiger partial charge on any atom is -0.323 e. The van der Waals surface area contributed by atoms with Crippen LogP contribution in [0.25, 0.3) is 0 Å². The number of hydrogen-bond donors (Lipinski definition) is 1. The van der Waals surface area contributed by atoms with Gasteiger partial charge in [0.15, 0.2) is 5.78 Å². The zero-order valence-electron chi connectivity index (χ0n) is 15.2. The third-order valence-electron chi connectivity index (χ3n) is 3.92.